The molecule has 2 aromatic carbocycles. The van der Waals surface area contributed by atoms with Crippen LogP contribution in [0.5, 0.6) is 11.5 Å². The molecule has 0 bridgehead atoms. The highest BCUT2D eigenvalue weighted by molar-refractivity contribution is 5.91. The predicted molar refractivity (Wildman–Crippen MR) is 79.5 cm³/mol. The first kappa shape index (κ1) is 15.4. The van der Waals surface area contributed by atoms with E-state index in [1.54, 1.807) is 12.1 Å². The van der Waals surface area contributed by atoms with E-state index in [2.05, 4.69) is 0 Å². The van der Waals surface area contributed by atoms with Crippen molar-refractivity contribution in [3.63, 3.8) is 0 Å². The van der Waals surface area contributed by atoms with Crippen LogP contribution < -0.4 is 9.47 Å². The Kier molecular flexibility index (Phi) is 5.03. The summed E-state index contributed by atoms with van der Waals surface area (Å²) in [5.74, 6) is -0.678. The summed E-state index contributed by atoms with van der Waals surface area (Å²) in [6.45, 7) is 0. The summed E-state index contributed by atoms with van der Waals surface area (Å²) < 4.78 is 23.0. The molecule has 4 nitrogen and oxygen atoms in total. The van der Waals surface area contributed by atoms with E-state index >= 15 is 0 Å². The van der Waals surface area contributed by atoms with Crippen molar-refractivity contribution in [3.8, 4) is 11.5 Å². The summed E-state index contributed by atoms with van der Waals surface area (Å²) in [7, 11) is 1.41. The Balaban J connectivity index is 2.15. The zero-order valence-corrected chi connectivity index (χ0v) is 11.8. The van der Waals surface area contributed by atoms with Crippen molar-refractivity contribution in [2.45, 2.75) is 0 Å². The molecule has 0 radical (unpaired) electrons. The van der Waals surface area contributed by atoms with Crippen molar-refractivity contribution in [3.05, 3.63) is 65.5 Å². The first-order valence-corrected chi connectivity index (χ1v) is 6.41. The largest absolute Gasteiger partial charge is 0.493 e. The molecule has 0 N–H and O–H groups in total. The number of methoxy groups -OCH3 is 1. The van der Waals surface area contributed by atoms with Crippen LogP contribution in [-0.4, -0.2) is 19.4 Å². The van der Waals surface area contributed by atoms with Crippen LogP contribution in [0.15, 0.2) is 48.5 Å². The molecule has 0 unspecified atom stereocenters. The Bertz CT molecular complexity index is 705. The first-order valence-electron chi connectivity index (χ1n) is 6.41. The fourth-order valence-corrected chi connectivity index (χ4v) is 1.77. The Morgan fingerprint density at radius 1 is 1.14 bits per heavy atom. The van der Waals surface area contributed by atoms with Crippen LogP contribution in [0.2, 0.25) is 0 Å². The van der Waals surface area contributed by atoms with Crippen LogP contribution in [0.4, 0.5) is 4.39 Å². The molecule has 0 amide bonds. The highest BCUT2D eigenvalue weighted by atomic mass is 19.1. The molecule has 22 heavy (non-hydrogen) atoms. The number of halogens is 1. The molecule has 0 atom stereocenters. The molecule has 0 aliphatic rings. The van der Waals surface area contributed by atoms with E-state index in [0.29, 0.717) is 11.8 Å². The number of rotatable bonds is 5. The number of esters is 1. The van der Waals surface area contributed by atoms with E-state index in [9.17, 15) is 14.0 Å². The molecular weight excluding hydrogens is 287 g/mol. The predicted octanol–water partition coefficient (Wildman–Crippen LogP) is 3.27. The van der Waals surface area contributed by atoms with Crippen molar-refractivity contribution < 1.29 is 23.5 Å². The van der Waals surface area contributed by atoms with Gasteiger partial charge in [-0.1, -0.05) is 18.2 Å². The number of hydrogen-bond donors (Lipinski definition) is 0. The van der Waals surface area contributed by atoms with Crippen LogP contribution in [0, 0.1) is 5.82 Å². The molecule has 0 saturated carbocycles. The topological polar surface area (TPSA) is 52.6 Å². The number of ether oxygens (including phenoxy) is 2. The van der Waals surface area contributed by atoms with E-state index in [1.807, 2.05) is 0 Å². The van der Waals surface area contributed by atoms with Crippen LogP contribution in [0.1, 0.15) is 15.9 Å². The van der Waals surface area contributed by atoms with Crippen LogP contribution >= 0.6 is 0 Å². The zero-order chi connectivity index (χ0) is 15.9. The third-order valence-electron chi connectivity index (χ3n) is 2.84. The maximum Gasteiger partial charge on any atom is 0.336 e. The lowest BCUT2D eigenvalue weighted by Gasteiger charge is -2.09. The number of aldehydes is 1. The molecule has 0 aromatic heterocycles. The molecule has 0 fully saturated rings. The SMILES string of the molecule is COc1cccc(C=O)c1OC(=O)C=Cc1ccc(F)cc1. The molecule has 2 rings (SSSR count). The molecule has 0 heterocycles. The number of benzene rings is 2. The average molecular weight is 300 g/mol. The lowest BCUT2D eigenvalue weighted by atomic mass is 10.2. The number of carbonyl (C=O) groups excluding carboxylic acids is 2. The van der Waals surface area contributed by atoms with Gasteiger partial charge in [0.05, 0.1) is 12.7 Å². The minimum atomic E-state index is -0.670. The van der Waals surface area contributed by atoms with Gasteiger partial charge in [-0.05, 0) is 35.9 Å². The van der Waals surface area contributed by atoms with Gasteiger partial charge in [0, 0.05) is 6.08 Å². The van der Waals surface area contributed by atoms with Gasteiger partial charge in [0.1, 0.15) is 5.82 Å². The van der Waals surface area contributed by atoms with Crippen molar-refractivity contribution in [2.75, 3.05) is 7.11 Å². The smallest absolute Gasteiger partial charge is 0.336 e. The minimum Gasteiger partial charge on any atom is -0.493 e. The monoisotopic (exact) mass is 300 g/mol. The third-order valence-corrected chi connectivity index (χ3v) is 2.84. The molecule has 0 saturated heterocycles. The van der Waals surface area contributed by atoms with Gasteiger partial charge < -0.3 is 9.47 Å². The summed E-state index contributed by atoms with van der Waals surface area (Å²) in [6.07, 6.45) is 3.25. The van der Waals surface area contributed by atoms with Crippen LogP contribution in [-0.2, 0) is 4.79 Å². The Hall–Kier alpha value is -2.95. The Labute approximate surface area is 126 Å². The number of para-hydroxylation sites is 1. The van der Waals surface area contributed by atoms with Gasteiger partial charge in [0.25, 0.3) is 0 Å². The minimum absolute atomic E-state index is 0.0637. The summed E-state index contributed by atoms with van der Waals surface area (Å²) in [5, 5.41) is 0. The van der Waals surface area contributed by atoms with Crippen molar-refractivity contribution in [1.82, 2.24) is 0 Å². The van der Waals surface area contributed by atoms with E-state index < -0.39 is 5.97 Å². The van der Waals surface area contributed by atoms with Crippen LogP contribution in [0.25, 0.3) is 6.08 Å². The molecule has 0 spiro atoms. The van der Waals surface area contributed by atoms with Crippen LogP contribution in [0.3, 0.4) is 0 Å². The summed E-state index contributed by atoms with van der Waals surface area (Å²) in [4.78, 5) is 22.8. The van der Waals surface area contributed by atoms with Gasteiger partial charge >= 0.3 is 5.97 Å². The van der Waals surface area contributed by atoms with Gasteiger partial charge in [-0.2, -0.15) is 0 Å². The lowest BCUT2D eigenvalue weighted by molar-refractivity contribution is -0.129. The fraction of sp³-hybridized carbons (Fsp3) is 0.0588. The van der Waals surface area contributed by atoms with Crippen molar-refractivity contribution >= 4 is 18.3 Å². The van der Waals surface area contributed by atoms with Crippen molar-refractivity contribution in [2.24, 2.45) is 0 Å². The molecule has 5 heteroatoms. The maximum atomic E-state index is 12.8. The highest BCUT2D eigenvalue weighted by Crippen LogP contribution is 2.30. The summed E-state index contributed by atoms with van der Waals surface area (Å²) >= 11 is 0. The summed E-state index contributed by atoms with van der Waals surface area (Å²) in [5.41, 5.74) is 0.858. The first-order chi connectivity index (χ1) is 10.6. The molecule has 2 aromatic rings. The third kappa shape index (κ3) is 3.79. The summed E-state index contributed by atoms with van der Waals surface area (Å²) in [6, 6.07) is 10.3. The quantitative estimate of drug-likeness (QED) is 0.368. The standard InChI is InChI=1S/C17H13FO4/c1-21-15-4-2-3-13(11-19)17(15)22-16(20)10-7-12-5-8-14(18)9-6-12/h2-11H,1H3. The molecule has 0 aliphatic carbocycles. The number of carbonyl (C=O) groups is 2. The second kappa shape index (κ2) is 7.17. The average Bonchev–Trinajstić information content (AvgIpc) is 2.54. The molecular formula is C17H13FO4. The number of hydrogen-bond acceptors (Lipinski definition) is 4. The second-order valence-electron chi connectivity index (χ2n) is 4.30. The molecule has 112 valence electrons. The van der Waals surface area contributed by atoms with E-state index in [1.165, 1.54) is 49.6 Å². The normalized spacial score (nSPS) is 10.5. The van der Waals surface area contributed by atoms with Gasteiger partial charge in [0.2, 0.25) is 0 Å². The van der Waals surface area contributed by atoms with E-state index in [4.69, 9.17) is 9.47 Å². The Morgan fingerprint density at radius 2 is 1.86 bits per heavy atom. The van der Waals surface area contributed by atoms with Gasteiger partial charge in [0.15, 0.2) is 17.8 Å². The van der Waals surface area contributed by atoms with Gasteiger partial charge in [-0.15, -0.1) is 0 Å². The van der Waals surface area contributed by atoms with E-state index in [-0.39, 0.29) is 22.9 Å². The Morgan fingerprint density at radius 3 is 2.50 bits per heavy atom. The van der Waals surface area contributed by atoms with E-state index in [0.717, 1.165) is 0 Å². The van der Waals surface area contributed by atoms with Gasteiger partial charge in [-0.3, -0.25) is 4.79 Å². The fourth-order valence-electron chi connectivity index (χ4n) is 1.77. The zero-order valence-electron chi connectivity index (χ0n) is 11.8. The maximum absolute atomic E-state index is 12.8. The highest BCUT2D eigenvalue weighted by Gasteiger charge is 2.12. The second-order valence-corrected chi connectivity index (χ2v) is 4.30. The van der Waals surface area contributed by atoms with Gasteiger partial charge in [-0.25, -0.2) is 9.18 Å². The lowest BCUT2D eigenvalue weighted by Crippen LogP contribution is -2.07. The molecule has 0 aliphatic heterocycles. The van der Waals surface area contributed by atoms with Crippen molar-refractivity contribution in [1.29, 1.82) is 0 Å².